The van der Waals surface area contributed by atoms with Gasteiger partial charge >= 0.3 is 0 Å². The van der Waals surface area contributed by atoms with Gasteiger partial charge in [-0.1, -0.05) is 41.5 Å². The first-order valence-corrected chi connectivity index (χ1v) is 6.53. The molecule has 0 fully saturated rings. The average Bonchev–Trinajstić information content (AvgIpc) is 1.81. The summed E-state index contributed by atoms with van der Waals surface area (Å²) in [6.07, 6.45) is 0. The first kappa shape index (κ1) is 13.7. The van der Waals surface area contributed by atoms with Crippen molar-refractivity contribution >= 4 is 23.5 Å². The molecule has 0 aliphatic rings. The first-order valence-electron chi connectivity index (χ1n) is 4.56. The zero-order valence-electron chi connectivity index (χ0n) is 9.64. The summed E-state index contributed by atoms with van der Waals surface area (Å²) >= 11 is 3.70. The molecule has 0 saturated heterocycles. The van der Waals surface area contributed by atoms with Gasteiger partial charge in [0.1, 0.15) is 0 Å². The van der Waals surface area contributed by atoms with Crippen LogP contribution in [0, 0.1) is 0 Å². The van der Waals surface area contributed by atoms with Gasteiger partial charge in [0.2, 0.25) is 0 Å². The fraction of sp³-hybridized carbons (Fsp3) is 1.00. The number of ether oxygens (including phenoxy) is 1. The summed E-state index contributed by atoms with van der Waals surface area (Å²) in [4.78, 5) is 0. The standard InChI is InChI=1S/C10H22OS2/c1-9(2,3)12-7-11-8-13-10(4,5)6/h7-8H2,1-6H3. The monoisotopic (exact) mass is 222 g/mol. The van der Waals surface area contributed by atoms with Gasteiger partial charge in [-0.2, -0.15) is 0 Å². The van der Waals surface area contributed by atoms with Gasteiger partial charge in [-0.15, -0.1) is 23.5 Å². The zero-order chi connectivity index (χ0) is 10.5. The van der Waals surface area contributed by atoms with E-state index in [1.807, 2.05) is 23.5 Å². The van der Waals surface area contributed by atoms with Gasteiger partial charge in [-0.05, 0) is 0 Å². The van der Waals surface area contributed by atoms with Crippen LogP contribution in [-0.4, -0.2) is 21.4 Å². The third kappa shape index (κ3) is 12.7. The van der Waals surface area contributed by atoms with Crippen molar-refractivity contribution in [1.82, 2.24) is 0 Å². The molecule has 1 nitrogen and oxygen atoms in total. The van der Waals surface area contributed by atoms with E-state index in [1.165, 1.54) is 0 Å². The second-order valence-corrected chi connectivity index (χ2v) is 8.45. The smallest absolute Gasteiger partial charge is 0.0937 e. The van der Waals surface area contributed by atoms with Crippen LogP contribution >= 0.6 is 23.5 Å². The van der Waals surface area contributed by atoms with Crippen LogP contribution in [0.2, 0.25) is 0 Å². The molecule has 0 bridgehead atoms. The summed E-state index contributed by atoms with van der Waals surface area (Å²) in [5, 5.41) is 0. The summed E-state index contributed by atoms with van der Waals surface area (Å²) in [6.45, 7) is 13.2. The fourth-order valence-corrected chi connectivity index (χ4v) is 1.62. The van der Waals surface area contributed by atoms with Gasteiger partial charge < -0.3 is 4.74 Å². The second kappa shape index (κ2) is 5.52. The Labute approximate surface area is 91.4 Å². The highest BCUT2D eigenvalue weighted by Crippen LogP contribution is 2.26. The Bertz CT molecular complexity index is 117. The topological polar surface area (TPSA) is 9.23 Å². The van der Waals surface area contributed by atoms with Crippen LogP contribution in [0.4, 0.5) is 0 Å². The average molecular weight is 222 g/mol. The highest BCUT2D eigenvalue weighted by Gasteiger charge is 2.12. The minimum absolute atomic E-state index is 0.312. The Morgan fingerprint density at radius 1 is 0.769 bits per heavy atom. The maximum atomic E-state index is 5.51. The lowest BCUT2D eigenvalue weighted by Gasteiger charge is -2.20. The Hall–Kier alpha value is 0.660. The summed E-state index contributed by atoms with van der Waals surface area (Å²) < 4.78 is 6.14. The molecule has 0 aliphatic carbocycles. The van der Waals surface area contributed by atoms with Gasteiger partial charge in [0.25, 0.3) is 0 Å². The molecule has 0 aliphatic heterocycles. The van der Waals surface area contributed by atoms with E-state index in [0.29, 0.717) is 9.49 Å². The third-order valence-corrected chi connectivity index (χ3v) is 3.45. The van der Waals surface area contributed by atoms with Gasteiger partial charge in [0.05, 0.1) is 11.9 Å². The summed E-state index contributed by atoms with van der Waals surface area (Å²) in [6, 6.07) is 0. The number of hydrogen-bond acceptors (Lipinski definition) is 3. The maximum absolute atomic E-state index is 5.51. The molecule has 13 heavy (non-hydrogen) atoms. The predicted molar refractivity (Wildman–Crippen MR) is 65.5 cm³/mol. The first-order chi connectivity index (χ1) is 5.71. The van der Waals surface area contributed by atoms with Crippen LogP contribution in [0.25, 0.3) is 0 Å². The normalized spacial score (nSPS) is 13.4. The van der Waals surface area contributed by atoms with Crippen molar-refractivity contribution in [2.75, 3.05) is 11.9 Å². The van der Waals surface area contributed by atoms with Crippen molar-refractivity contribution in [3.63, 3.8) is 0 Å². The van der Waals surface area contributed by atoms with Crippen LogP contribution in [0.5, 0.6) is 0 Å². The van der Waals surface area contributed by atoms with Gasteiger partial charge in [0.15, 0.2) is 0 Å². The van der Waals surface area contributed by atoms with Crippen LogP contribution in [0.3, 0.4) is 0 Å². The van der Waals surface area contributed by atoms with Crippen LogP contribution in [0.1, 0.15) is 41.5 Å². The SMILES string of the molecule is CC(C)(C)SCOCSC(C)(C)C. The van der Waals surface area contributed by atoms with Gasteiger partial charge in [-0.25, -0.2) is 0 Å². The number of thioether (sulfide) groups is 2. The zero-order valence-corrected chi connectivity index (χ0v) is 11.3. The molecule has 0 radical (unpaired) electrons. The maximum Gasteiger partial charge on any atom is 0.0937 e. The van der Waals surface area contributed by atoms with E-state index >= 15 is 0 Å². The van der Waals surface area contributed by atoms with E-state index in [2.05, 4.69) is 41.5 Å². The Morgan fingerprint density at radius 3 is 1.31 bits per heavy atom. The molecule has 3 heteroatoms. The Kier molecular flexibility index (Phi) is 5.80. The minimum atomic E-state index is 0.312. The number of rotatable bonds is 4. The van der Waals surface area contributed by atoms with E-state index in [0.717, 1.165) is 11.9 Å². The largest absolute Gasteiger partial charge is 0.360 e. The van der Waals surface area contributed by atoms with Gasteiger partial charge in [-0.3, -0.25) is 0 Å². The molecule has 0 N–H and O–H groups in total. The van der Waals surface area contributed by atoms with Crippen molar-refractivity contribution in [3.8, 4) is 0 Å². The van der Waals surface area contributed by atoms with Crippen molar-refractivity contribution < 1.29 is 4.74 Å². The van der Waals surface area contributed by atoms with E-state index in [4.69, 9.17) is 4.74 Å². The molecule has 0 aromatic carbocycles. The molecule has 0 unspecified atom stereocenters. The Balaban J connectivity index is 3.28. The molecular formula is C10H22OS2. The minimum Gasteiger partial charge on any atom is -0.360 e. The van der Waals surface area contributed by atoms with E-state index < -0.39 is 0 Å². The highest BCUT2D eigenvalue weighted by molar-refractivity contribution is 8.01. The third-order valence-electron chi connectivity index (χ3n) is 1.15. The quantitative estimate of drug-likeness (QED) is 0.526. The van der Waals surface area contributed by atoms with Crippen LogP contribution in [-0.2, 0) is 4.74 Å². The molecule has 0 saturated carbocycles. The molecule has 0 amide bonds. The second-order valence-electron chi connectivity index (χ2n) is 4.95. The van der Waals surface area contributed by atoms with Crippen molar-refractivity contribution in [1.29, 1.82) is 0 Å². The number of hydrogen-bond donors (Lipinski definition) is 0. The summed E-state index contributed by atoms with van der Waals surface area (Å²) in [5.41, 5.74) is 0. The molecule has 0 aromatic rings. The molecular weight excluding hydrogens is 200 g/mol. The van der Waals surface area contributed by atoms with E-state index in [9.17, 15) is 0 Å². The molecule has 0 atom stereocenters. The van der Waals surface area contributed by atoms with Crippen LogP contribution in [0.15, 0.2) is 0 Å². The van der Waals surface area contributed by atoms with E-state index in [-0.39, 0.29) is 0 Å². The lowest BCUT2D eigenvalue weighted by atomic mass is 10.3. The molecule has 80 valence electrons. The van der Waals surface area contributed by atoms with Crippen molar-refractivity contribution in [2.45, 2.75) is 51.0 Å². The highest BCUT2D eigenvalue weighted by atomic mass is 32.2. The fourth-order valence-electron chi connectivity index (χ4n) is 0.471. The molecule has 0 spiro atoms. The summed E-state index contributed by atoms with van der Waals surface area (Å²) in [5.74, 6) is 1.60. The van der Waals surface area contributed by atoms with Crippen LogP contribution < -0.4 is 0 Å². The van der Waals surface area contributed by atoms with Crippen molar-refractivity contribution in [3.05, 3.63) is 0 Å². The molecule has 0 aromatic heterocycles. The lowest BCUT2D eigenvalue weighted by Crippen LogP contribution is -2.12. The van der Waals surface area contributed by atoms with Crippen molar-refractivity contribution in [2.24, 2.45) is 0 Å². The van der Waals surface area contributed by atoms with Gasteiger partial charge in [0, 0.05) is 9.49 Å². The summed E-state index contributed by atoms with van der Waals surface area (Å²) in [7, 11) is 0. The predicted octanol–water partition coefficient (Wildman–Crippen LogP) is 3.98. The lowest BCUT2D eigenvalue weighted by molar-refractivity contribution is 0.238. The molecule has 0 rings (SSSR count). The van der Waals surface area contributed by atoms with E-state index in [1.54, 1.807) is 0 Å². The Morgan fingerprint density at radius 2 is 1.08 bits per heavy atom. The molecule has 0 heterocycles.